The highest BCUT2D eigenvalue weighted by Gasteiger charge is 2.31. The molecule has 0 radical (unpaired) electrons. The molecule has 2 aromatic carbocycles. The molecule has 0 aliphatic carbocycles. The molecule has 0 spiro atoms. The molecule has 1 N–H and O–H groups in total. The van der Waals surface area contributed by atoms with Crippen molar-refractivity contribution in [1.82, 2.24) is 20.0 Å². The Kier molecular flexibility index (Phi) is 5.06. The van der Waals surface area contributed by atoms with Crippen LogP contribution in [0.3, 0.4) is 0 Å². The van der Waals surface area contributed by atoms with Crippen LogP contribution in [-0.2, 0) is 37.1 Å². The first kappa shape index (κ1) is 19.5. The number of carbonyl (C=O) groups excluding carboxylic acids is 2. The summed E-state index contributed by atoms with van der Waals surface area (Å²) in [7, 11) is 0. The first-order valence-electron chi connectivity index (χ1n) is 10.8. The van der Waals surface area contributed by atoms with Crippen LogP contribution in [0.4, 0.5) is 0 Å². The molecule has 0 atom stereocenters. The molecule has 0 fully saturated rings. The maximum atomic E-state index is 13.3. The second-order valence-corrected chi connectivity index (χ2v) is 8.50. The van der Waals surface area contributed by atoms with Gasteiger partial charge in [0.2, 0.25) is 5.91 Å². The minimum atomic E-state index is -0.0557. The second-order valence-electron chi connectivity index (χ2n) is 8.50. The highest BCUT2D eigenvalue weighted by molar-refractivity contribution is 5.94. The molecule has 6 heteroatoms. The summed E-state index contributed by atoms with van der Waals surface area (Å²) in [6, 6.07) is 16.3. The van der Waals surface area contributed by atoms with Gasteiger partial charge in [0.1, 0.15) is 0 Å². The summed E-state index contributed by atoms with van der Waals surface area (Å²) >= 11 is 0. The van der Waals surface area contributed by atoms with Crippen molar-refractivity contribution in [3.63, 3.8) is 0 Å². The van der Waals surface area contributed by atoms with Crippen molar-refractivity contribution in [2.24, 2.45) is 0 Å². The third-order valence-electron chi connectivity index (χ3n) is 6.38. The predicted molar refractivity (Wildman–Crippen MR) is 117 cm³/mol. The van der Waals surface area contributed by atoms with Gasteiger partial charge in [-0.3, -0.25) is 14.7 Å². The van der Waals surface area contributed by atoms with Gasteiger partial charge < -0.3 is 9.80 Å². The van der Waals surface area contributed by atoms with E-state index in [1.165, 1.54) is 16.7 Å². The predicted octanol–water partition coefficient (Wildman–Crippen LogP) is 3.04. The molecule has 3 aromatic rings. The van der Waals surface area contributed by atoms with Crippen LogP contribution in [0.15, 0.2) is 48.5 Å². The fraction of sp³-hybridized carbons (Fsp3) is 0.320. The molecule has 1 aromatic heterocycles. The van der Waals surface area contributed by atoms with Crippen molar-refractivity contribution in [2.75, 3.05) is 13.1 Å². The van der Waals surface area contributed by atoms with E-state index in [0.29, 0.717) is 44.7 Å². The number of fused-ring (bicyclic) bond motifs is 2. The summed E-state index contributed by atoms with van der Waals surface area (Å²) in [6.07, 6.45) is 1.92. The zero-order chi connectivity index (χ0) is 21.4. The van der Waals surface area contributed by atoms with Crippen LogP contribution < -0.4 is 0 Å². The van der Waals surface area contributed by atoms with Crippen molar-refractivity contribution in [2.45, 2.75) is 39.3 Å². The number of aryl methyl sites for hydroxylation is 1. The molecule has 0 saturated heterocycles. The summed E-state index contributed by atoms with van der Waals surface area (Å²) < 4.78 is 0. The Morgan fingerprint density at radius 3 is 2.48 bits per heavy atom. The number of hydrogen-bond donors (Lipinski definition) is 1. The lowest BCUT2D eigenvalue weighted by Gasteiger charge is -2.30. The molecule has 31 heavy (non-hydrogen) atoms. The number of aromatic amines is 1. The van der Waals surface area contributed by atoms with Gasteiger partial charge in [0.15, 0.2) is 5.69 Å². The standard InChI is InChI=1S/C25H26N4O2/c1-17-6-8-18(9-7-17)14-23(30)28-13-11-22-21(16-28)24(27-26-22)25(31)29-12-10-19-4-2-3-5-20(19)15-29/h2-9H,10-16H2,1H3,(H,26,27). The molecular weight excluding hydrogens is 388 g/mol. The Morgan fingerprint density at radius 1 is 0.935 bits per heavy atom. The van der Waals surface area contributed by atoms with Crippen LogP contribution >= 0.6 is 0 Å². The van der Waals surface area contributed by atoms with E-state index >= 15 is 0 Å². The third kappa shape index (κ3) is 3.85. The normalized spacial score (nSPS) is 15.4. The quantitative estimate of drug-likeness (QED) is 0.716. The molecule has 3 heterocycles. The zero-order valence-corrected chi connectivity index (χ0v) is 17.7. The van der Waals surface area contributed by atoms with Crippen molar-refractivity contribution >= 4 is 11.8 Å². The van der Waals surface area contributed by atoms with Gasteiger partial charge in [-0.1, -0.05) is 54.1 Å². The molecule has 0 saturated carbocycles. The first-order chi connectivity index (χ1) is 15.1. The molecule has 0 bridgehead atoms. The second kappa shape index (κ2) is 8.02. The Bertz CT molecular complexity index is 1130. The number of amides is 2. The van der Waals surface area contributed by atoms with E-state index in [1.54, 1.807) is 0 Å². The molecule has 2 amide bonds. The SMILES string of the molecule is Cc1ccc(CC(=O)N2CCc3[nH]nc(C(=O)N4CCc5ccccc5C4)c3C2)cc1. The lowest BCUT2D eigenvalue weighted by Crippen LogP contribution is -2.39. The Hall–Kier alpha value is -3.41. The molecule has 5 rings (SSSR count). The van der Waals surface area contributed by atoms with Crippen LogP contribution in [0, 0.1) is 6.92 Å². The van der Waals surface area contributed by atoms with Gasteiger partial charge >= 0.3 is 0 Å². The number of hydrogen-bond acceptors (Lipinski definition) is 3. The van der Waals surface area contributed by atoms with E-state index in [1.807, 2.05) is 53.1 Å². The summed E-state index contributed by atoms with van der Waals surface area (Å²) in [5.74, 6) is 0.0286. The molecule has 2 aliphatic heterocycles. The molecule has 158 valence electrons. The van der Waals surface area contributed by atoms with E-state index in [2.05, 4.69) is 22.3 Å². The number of rotatable bonds is 3. The Labute approximate surface area is 181 Å². The maximum Gasteiger partial charge on any atom is 0.275 e. The molecule has 0 unspecified atom stereocenters. The van der Waals surface area contributed by atoms with Crippen molar-refractivity contribution < 1.29 is 9.59 Å². The average molecular weight is 415 g/mol. The van der Waals surface area contributed by atoms with E-state index in [9.17, 15) is 9.59 Å². The number of carbonyl (C=O) groups is 2. The van der Waals surface area contributed by atoms with Gasteiger partial charge in [0.25, 0.3) is 5.91 Å². The van der Waals surface area contributed by atoms with Gasteiger partial charge in [-0.2, -0.15) is 5.10 Å². The van der Waals surface area contributed by atoms with Crippen LogP contribution in [0.2, 0.25) is 0 Å². The lowest BCUT2D eigenvalue weighted by atomic mass is 9.98. The van der Waals surface area contributed by atoms with Crippen molar-refractivity contribution in [1.29, 1.82) is 0 Å². The van der Waals surface area contributed by atoms with Crippen LogP contribution in [0.5, 0.6) is 0 Å². The zero-order valence-electron chi connectivity index (χ0n) is 17.7. The van der Waals surface area contributed by atoms with Gasteiger partial charge in [-0.25, -0.2) is 0 Å². The van der Waals surface area contributed by atoms with E-state index in [4.69, 9.17) is 0 Å². The highest BCUT2D eigenvalue weighted by Crippen LogP contribution is 2.25. The summed E-state index contributed by atoms with van der Waals surface area (Å²) in [6.45, 7) is 4.41. The third-order valence-corrected chi connectivity index (χ3v) is 6.38. The van der Waals surface area contributed by atoms with Gasteiger partial charge in [-0.15, -0.1) is 0 Å². The maximum absolute atomic E-state index is 13.3. The molecular formula is C25H26N4O2. The first-order valence-corrected chi connectivity index (χ1v) is 10.8. The van der Waals surface area contributed by atoms with E-state index in [-0.39, 0.29) is 11.8 Å². The highest BCUT2D eigenvalue weighted by atomic mass is 16.2. The fourth-order valence-electron chi connectivity index (χ4n) is 4.50. The summed E-state index contributed by atoms with van der Waals surface area (Å²) in [5.41, 5.74) is 7.00. The van der Waals surface area contributed by atoms with Gasteiger partial charge in [-0.05, 0) is 30.0 Å². The van der Waals surface area contributed by atoms with E-state index in [0.717, 1.165) is 23.2 Å². The average Bonchev–Trinajstić information content (AvgIpc) is 3.23. The lowest BCUT2D eigenvalue weighted by molar-refractivity contribution is -0.131. The van der Waals surface area contributed by atoms with E-state index < -0.39 is 0 Å². The smallest absolute Gasteiger partial charge is 0.275 e. The number of H-pyrrole nitrogens is 1. The minimum Gasteiger partial charge on any atom is -0.338 e. The van der Waals surface area contributed by atoms with Gasteiger partial charge in [0.05, 0.1) is 6.42 Å². The fourth-order valence-corrected chi connectivity index (χ4v) is 4.50. The van der Waals surface area contributed by atoms with Crippen LogP contribution in [0.1, 0.15) is 44.0 Å². The number of aromatic nitrogens is 2. The van der Waals surface area contributed by atoms with Gasteiger partial charge in [0, 0.05) is 43.9 Å². The monoisotopic (exact) mass is 414 g/mol. The van der Waals surface area contributed by atoms with Crippen LogP contribution in [0.25, 0.3) is 0 Å². The molecule has 6 nitrogen and oxygen atoms in total. The summed E-state index contributed by atoms with van der Waals surface area (Å²) in [4.78, 5) is 29.9. The minimum absolute atomic E-state index is 0.0557. The number of benzene rings is 2. The summed E-state index contributed by atoms with van der Waals surface area (Å²) in [5, 5.41) is 7.41. The van der Waals surface area contributed by atoms with Crippen molar-refractivity contribution in [3.8, 4) is 0 Å². The largest absolute Gasteiger partial charge is 0.338 e. The Balaban J connectivity index is 1.31. The molecule has 2 aliphatic rings. The van der Waals surface area contributed by atoms with Crippen molar-refractivity contribution in [3.05, 3.63) is 87.7 Å². The van der Waals surface area contributed by atoms with Crippen LogP contribution in [-0.4, -0.2) is 44.9 Å². The number of nitrogens with zero attached hydrogens (tertiary/aromatic N) is 3. The Morgan fingerprint density at radius 2 is 1.68 bits per heavy atom. The number of nitrogens with one attached hydrogen (secondary N) is 1. The topological polar surface area (TPSA) is 69.3 Å².